The predicted molar refractivity (Wildman–Crippen MR) is 131 cm³/mol. The van der Waals surface area contributed by atoms with Gasteiger partial charge in [0.05, 0.1) is 29.8 Å². The summed E-state index contributed by atoms with van der Waals surface area (Å²) in [6, 6.07) is 5.43. The quantitative estimate of drug-likeness (QED) is 0.576. The summed E-state index contributed by atoms with van der Waals surface area (Å²) in [7, 11) is 0. The summed E-state index contributed by atoms with van der Waals surface area (Å²) in [6.07, 6.45) is -0.233. The Balaban J connectivity index is 1.62. The maximum atomic E-state index is 14.3. The number of benzene rings is 1. The Labute approximate surface area is 208 Å². The molecule has 1 saturated heterocycles. The topological polar surface area (TPSA) is 82.5 Å². The largest absolute Gasteiger partial charge is 0.459 e. The number of thioether (sulfide) groups is 1. The number of nitrogens with zero attached hydrogens (tertiary/aromatic N) is 4. The minimum atomic E-state index is -0.673. The van der Waals surface area contributed by atoms with E-state index in [0.29, 0.717) is 53.9 Å². The van der Waals surface area contributed by atoms with Gasteiger partial charge in [-0.2, -0.15) is 0 Å². The van der Waals surface area contributed by atoms with Crippen LogP contribution in [0.2, 0.25) is 0 Å². The summed E-state index contributed by atoms with van der Waals surface area (Å²) in [6.45, 7) is 8.75. The van der Waals surface area contributed by atoms with E-state index in [4.69, 9.17) is 4.74 Å². The number of carbonyl (C=O) groups is 3. The molecule has 1 atom stereocenters. The van der Waals surface area contributed by atoms with Crippen LogP contribution in [0.25, 0.3) is 0 Å². The van der Waals surface area contributed by atoms with E-state index in [1.54, 1.807) is 42.7 Å². The van der Waals surface area contributed by atoms with E-state index in [9.17, 15) is 18.8 Å². The van der Waals surface area contributed by atoms with Gasteiger partial charge in [-0.15, -0.1) is 0 Å². The molecule has 0 bridgehead atoms. The third-order valence-electron chi connectivity index (χ3n) is 6.14. The van der Waals surface area contributed by atoms with Crippen molar-refractivity contribution in [2.45, 2.75) is 46.3 Å². The summed E-state index contributed by atoms with van der Waals surface area (Å²) in [5.41, 5.74) is 2.08. The molecule has 2 amide bonds. The van der Waals surface area contributed by atoms with Gasteiger partial charge in [0.25, 0.3) is 0 Å². The van der Waals surface area contributed by atoms with Crippen LogP contribution in [0.1, 0.15) is 45.7 Å². The van der Waals surface area contributed by atoms with Crippen molar-refractivity contribution < 1.29 is 23.5 Å². The molecule has 0 aromatic heterocycles. The fourth-order valence-corrected chi connectivity index (χ4v) is 5.40. The van der Waals surface area contributed by atoms with Gasteiger partial charge in [0.15, 0.2) is 5.17 Å². The Kier molecular flexibility index (Phi) is 7.30. The minimum Gasteiger partial charge on any atom is -0.459 e. The first-order chi connectivity index (χ1) is 16.7. The molecule has 0 spiro atoms. The second kappa shape index (κ2) is 10.2. The smallest absolute Gasteiger partial charge is 0.338 e. The van der Waals surface area contributed by atoms with Crippen LogP contribution in [-0.4, -0.2) is 69.9 Å². The summed E-state index contributed by atoms with van der Waals surface area (Å²) in [5, 5.41) is 2.49. The van der Waals surface area contributed by atoms with Crippen LogP contribution < -0.4 is 0 Å². The highest BCUT2D eigenvalue weighted by Gasteiger charge is 2.41. The Bertz CT molecular complexity index is 1140. The average molecular weight is 501 g/mol. The summed E-state index contributed by atoms with van der Waals surface area (Å²) >= 11 is 1.37. The lowest BCUT2D eigenvalue weighted by molar-refractivity contribution is -0.143. The maximum absolute atomic E-state index is 14.3. The van der Waals surface area contributed by atoms with Crippen molar-refractivity contribution in [3.63, 3.8) is 0 Å². The van der Waals surface area contributed by atoms with Crippen molar-refractivity contribution in [2.75, 3.05) is 26.2 Å². The lowest BCUT2D eigenvalue weighted by Gasteiger charge is -2.38. The van der Waals surface area contributed by atoms with Crippen LogP contribution in [-0.2, 0) is 19.1 Å². The predicted octanol–water partition coefficient (Wildman–Crippen LogP) is 3.43. The van der Waals surface area contributed by atoms with Crippen molar-refractivity contribution in [2.24, 2.45) is 4.99 Å². The van der Waals surface area contributed by atoms with Gasteiger partial charge >= 0.3 is 5.97 Å². The number of rotatable bonds is 5. The Morgan fingerprint density at radius 3 is 2.49 bits per heavy atom. The molecular weight excluding hydrogens is 471 g/mol. The molecule has 0 saturated carbocycles. The number of hydrogen-bond donors (Lipinski definition) is 0. The molecule has 3 aliphatic rings. The molecule has 10 heteroatoms. The first-order valence-corrected chi connectivity index (χ1v) is 12.5. The fourth-order valence-electron chi connectivity index (χ4n) is 4.44. The van der Waals surface area contributed by atoms with Gasteiger partial charge in [-0.1, -0.05) is 23.9 Å². The number of fused-ring (bicyclic) bond motifs is 1. The second-order valence-corrected chi connectivity index (χ2v) is 9.80. The molecule has 3 aliphatic heterocycles. The highest BCUT2D eigenvalue weighted by atomic mass is 32.2. The number of halogens is 1. The van der Waals surface area contributed by atoms with Crippen molar-refractivity contribution in [3.8, 4) is 0 Å². The molecule has 1 fully saturated rings. The molecule has 0 aliphatic carbocycles. The molecule has 0 radical (unpaired) electrons. The van der Waals surface area contributed by atoms with E-state index >= 15 is 0 Å². The Hall–Kier alpha value is -3.14. The van der Waals surface area contributed by atoms with Gasteiger partial charge in [-0.25, -0.2) is 14.2 Å². The number of hydrogen-bond acceptors (Lipinski definition) is 7. The van der Waals surface area contributed by atoms with E-state index < -0.39 is 17.8 Å². The molecule has 1 unspecified atom stereocenters. The molecule has 35 heavy (non-hydrogen) atoms. The Morgan fingerprint density at radius 1 is 1.17 bits per heavy atom. The van der Waals surface area contributed by atoms with Gasteiger partial charge in [-0.3, -0.25) is 9.59 Å². The zero-order valence-electron chi connectivity index (χ0n) is 20.3. The number of aliphatic imine (C=N–C) groups is 1. The maximum Gasteiger partial charge on any atom is 0.338 e. The molecule has 186 valence electrons. The molecule has 4 rings (SSSR count). The summed E-state index contributed by atoms with van der Waals surface area (Å²) in [4.78, 5) is 47.8. The van der Waals surface area contributed by atoms with Gasteiger partial charge in [0.1, 0.15) is 5.82 Å². The minimum absolute atomic E-state index is 0.00192. The molecule has 8 nitrogen and oxygen atoms in total. The first kappa shape index (κ1) is 25.0. The number of amidine groups is 1. The molecule has 1 aromatic rings. The van der Waals surface area contributed by atoms with E-state index in [2.05, 4.69) is 4.99 Å². The van der Waals surface area contributed by atoms with Crippen LogP contribution in [0.4, 0.5) is 4.39 Å². The fraction of sp³-hybridized carbons (Fsp3) is 0.440. The van der Waals surface area contributed by atoms with E-state index in [-0.39, 0.29) is 24.3 Å². The van der Waals surface area contributed by atoms with Crippen LogP contribution >= 0.6 is 11.8 Å². The number of piperazine rings is 1. The van der Waals surface area contributed by atoms with Gasteiger partial charge < -0.3 is 19.4 Å². The standard InChI is InChI=1S/C25H29FN4O4S/c1-15(2)34-24(33)22-16(3)27-25-30(23(22)18-6-5-7-19(26)12-18)20(14-35-25)13-21(32)29-10-8-28(9-11-29)17(4)31/h5-7,12,14-15,23H,8-11,13H2,1-4H3. The third-order valence-corrected chi connectivity index (χ3v) is 7.03. The number of carbonyl (C=O) groups excluding carboxylic acids is 3. The number of allylic oxidation sites excluding steroid dienone is 1. The van der Waals surface area contributed by atoms with E-state index in [0.717, 1.165) is 0 Å². The van der Waals surface area contributed by atoms with E-state index in [1.807, 2.05) is 10.3 Å². The van der Waals surface area contributed by atoms with Crippen molar-refractivity contribution in [1.29, 1.82) is 0 Å². The number of esters is 1. The van der Waals surface area contributed by atoms with E-state index in [1.165, 1.54) is 30.8 Å². The first-order valence-electron chi connectivity index (χ1n) is 11.6. The number of amides is 2. The number of ether oxygens (including phenoxy) is 1. The van der Waals surface area contributed by atoms with Crippen molar-refractivity contribution in [1.82, 2.24) is 14.7 Å². The molecule has 3 heterocycles. The monoisotopic (exact) mass is 500 g/mol. The lowest BCUT2D eigenvalue weighted by atomic mass is 9.93. The normalized spacial score (nSPS) is 20.1. The molecular formula is C25H29FN4O4S. The molecule has 1 aromatic carbocycles. The zero-order chi connectivity index (χ0) is 25.3. The zero-order valence-corrected chi connectivity index (χ0v) is 21.1. The Morgan fingerprint density at radius 2 is 1.86 bits per heavy atom. The summed E-state index contributed by atoms with van der Waals surface area (Å²) < 4.78 is 19.8. The van der Waals surface area contributed by atoms with Crippen LogP contribution in [0.3, 0.4) is 0 Å². The lowest BCUT2D eigenvalue weighted by Crippen LogP contribution is -2.50. The highest BCUT2D eigenvalue weighted by Crippen LogP contribution is 2.45. The van der Waals surface area contributed by atoms with Gasteiger partial charge in [-0.05, 0) is 43.9 Å². The third kappa shape index (κ3) is 5.27. The summed E-state index contributed by atoms with van der Waals surface area (Å²) in [5.74, 6) is -1.01. The second-order valence-electron chi connectivity index (χ2n) is 8.97. The average Bonchev–Trinajstić information content (AvgIpc) is 3.19. The van der Waals surface area contributed by atoms with Gasteiger partial charge in [0, 0.05) is 38.8 Å². The SMILES string of the molecule is CC(=O)N1CCN(C(=O)CC2=CSC3=NC(C)=C(C(=O)OC(C)C)C(c4cccc(F)c4)N23)CC1. The van der Waals surface area contributed by atoms with Crippen LogP contribution in [0, 0.1) is 5.82 Å². The van der Waals surface area contributed by atoms with Gasteiger partial charge in [0.2, 0.25) is 11.8 Å². The van der Waals surface area contributed by atoms with Crippen molar-refractivity contribution >= 4 is 34.7 Å². The van der Waals surface area contributed by atoms with Crippen LogP contribution in [0.5, 0.6) is 0 Å². The highest BCUT2D eigenvalue weighted by molar-refractivity contribution is 8.16. The van der Waals surface area contributed by atoms with Crippen LogP contribution in [0.15, 0.2) is 51.6 Å². The molecule has 0 N–H and O–H groups in total. The van der Waals surface area contributed by atoms with Crippen molar-refractivity contribution in [3.05, 3.63) is 58.0 Å².